The Morgan fingerprint density at radius 1 is 1.50 bits per heavy atom. The van der Waals surface area contributed by atoms with E-state index in [1.54, 1.807) is 0 Å². The summed E-state index contributed by atoms with van der Waals surface area (Å²) in [5.74, 6) is 2.12. The monoisotopic (exact) mass is 310 g/mol. The molecule has 1 atom stereocenters. The Morgan fingerprint density at radius 2 is 2.22 bits per heavy atom. The number of hydrogen-bond acceptors (Lipinski definition) is 3. The summed E-state index contributed by atoms with van der Waals surface area (Å²) in [6.07, 6.45) is 4.92. The highest BCUT2D eigenvalue weighted by atomic mass is 79.9. The molecular formula is C13H19BrN4. The first kappa shape index (κ1) is 12.1. The highest BCUT2D eigenvalue weighted by Gasteiger charge is 2.38. The number of nitrogen functional groups attached to an aromatic ring is 1. The Hall–Kier alpha value is -0.970. The number of halogens is 1. The van der Waals surface area contributed by atoms with Crippen molar-refractivity contribution in [3.63, 3.8) is 0 Å². The van der Waals surface area contributed by atoms with Crippen molar-refractivity contribution in [2.24, 2.45) is 11.8 Å². The number of nitrogens with one attached hydrogen (secondary N) is 1. The number of nitrogens with zero attached hydrogens (tertiary/aromatic N) is 2. The molecule has 1 unspecified atom stereocenters. The van der Waals surface area contributed by atoms with E-state index in [1.807, 2.05) is 0 Å². The first-order valence-corrected chi connectivity index (χ1v) is 7.33. The zero-order valence-corrected chi connectivity index (χ0v) is 12.4. The fourth-order valence-electron chi connectivity index (χ4n) is 3.00. The molecule has 0 spiro atoms. The van der Waals surface area contributed by atoms with Crippen molar-refractivity contribution in [1.82, 2.24) is 15.1 Å². The molecule has 5 heteroatoms. The maximum atomic E-state index is 5.94. The van der Waals surface area contributed by atoms with E-state index in [0.29, 0.717) is 17.8 Å². The molecule has 1 aromatic rings. The van der Waals surface area contributed by atoms with Crippen LogP contribution < -0.4 is 5.73 Å². The summed E-state index contributed by atoms with van der Waals surface area (Å²) >= 11 is 3.62. The lowest BCUT2D eigenvalue weighted by atomic mass is 9.96. The minimum absolute atomic E-state index is 0.611. The smallest absolute Gasteiger partial charge is 0.150 e. The molecule has 0 bridgehead atoms. The molecule has 1 fully saturated rings. The molecule has 2 heterocycles. The zero-order valence-electron chi connectivity index (χ0n) is 10.8. The van der Waals surface area contributed by atoms with Gasteiger partial charge >= 0.3 is 0 Å². The third kappa shape index (κ3) is 1.94. The number of hydrogen-bond donors (Lipinski definition) is 2. The summed E-state index contributed by atoms with van der Waals surface area (Å²) in [5.41, 5.74) is 8.09. The van der Waals surface area contributed by atoms with Crippen molar-refractivity contribution in [2.45, 2.75) is 39.3 Å². The first-order valence-electron chi connectivity index (χ1n) is 6.54. The van der Waals surface area contributed by atoms with E-state index >= 15 is 0 Å². The second kappa shape index (κ2) is 4.30. The van der Waals surface area contributed by atoms with Gasteiger partial charge in [-0.05, 0) is 40.6 Å². The average Bonchev–Trinajstić information content (AvgIpc) is 3.04. The van der Waals surface area contributed by atoms with Gasteiger partial charge in [0.15, 0.2) is 5.82 Å². The molecule has 18 heavy (non-hydrogen) atoms. The van der Waals surface area contributed by atoms with Gasteiger partial charge in [-0.15, -0.1) is 0 Å². The molecule has 0 amide bonds. The van der Waals surface area contributed by atoms with Crippen LogP contribution in [0.1, 0.15) is 37.9 Å². The second-order valence-corrected chi connectivity index (χ2v) is 6.54. The van der Waals surface area contributed by atoms with Crippen LogP contribution in [0.4, 0.5) is 5.82 Å². The van der Waals surface area contributed by atoms with Gasteiger partial charge in [0.2, 0.25) is 0 Å². The van der Waals surface area contributed by atoms with Crippen LogP contribution in [0.5, 0.6) is 0 Å². The summed E-state index contributed by atoms with van der Waals surface area (Å²) in [5, 5.41) is 7.10. The van der Waals surface area contributed by atoms with Crippen molar-refractivity contribution in [3.8, 4) is 0 Å². The third-order valence-corrected chi connectivity index (χ3v) is 4.53. The maximum Gasteiger partial charge on any atom is 0.150 e. The van der Waals surface area contributed by atoms with Crippen molar-refractivity contribution in [2.75, 3.05) is 5.73 Å². The van der Waals surface area contributed by atoms with Crippen molar-refractivity contribution in [1.29, 1.82) is 0 Å². The van der Waals surface area contributed by atoms with Crippen LogP contribution in [0.25, 0.3) is 4.48 Å². The summed E-state index contributed by atoms with van der Waals surface area (Å²) in [4.78, 5) is 2.43. The van der Waals surface area contributed by atoms with E-state index in [0.717, 1.165) is 28.2 Å². The highest BCUT2D eigenvalue weighted by Crippen LogP contribution is 2.42. The average molecular weight is 311 g/mol. The molecule has 4 nitrogen and oxygen atoms in total. The van der Waals surface area contributed by atoms with Gasteiger partial charge in [-0.2, -0.15) is 5.10 Å². The standard InChI is InChI=1S/C13H19BrN4/c1-7(2)12(8-3-4-8)18-5-9-11(10(14)6-18)16-17-13(9)15/h6-8,12H,3-5H2,1-2H3,(H3,15,16,17). The van der Waals surface area contributed by atoms with Gasteiger partial charge in [-0.25, -0.2) is 0 Å². The minimum Gasteiger partial charge on any atom is -0.382 e. The fourth-order valence-corrected chi connectivity index (χ4v) is 3.59. The summed E-state index contributed by atoms with van der Waals surface area (Å²) in [7, 11) is 0. The predicted octanol–water partition coefficient (Wildman–Crippen LogP) is 2.94. The Balaban J connectivity index is 1.91. The molecule has 3 rings (SSSR count). The fraction of sp³-hybridized carbons (Fsp3) is 0.615. The Morgan fingerprint density at radius 3 is 2.83 bits per heavy atom. The predicted molar refractivity (Wildman–Crippen MR) is 76.8 cm³/mol. The van der Waals surface area contributed by atoms with Gasteiger partial charge in [0, 0.05) is 24.4 Å². The van der Waals surface area contributed by atoms with Crippen molar-refractivity contribution in [3.05, 3.63) is 17.5 Å². The lowest BCUT2D eigenvalue weighted by Crippen LogP contribution is -2.38. The van der Waals surface area contributed by atoms with Crippen LogP contribution in [0, 0.1) is 11.8 Å². The molecule has 98 valence electrons. The summed E-state index contributed by atoms with van der Waals surface area (Å²) in [6, 6.07) is 0.611. The van der Waals surface area contributed by atoms with E-state index < -0.39 is 0 Å². The number of fused-ring (bicyclic) bond motifs is 1. The Bertz CT molecular complexity index is 485. The topological polar surface area (TPSA) is 57.9 Å². The molecule has 2 aliphatic rings. The molecule has 0 saturated heterocycles. The number of rotatable bonds is 3. The number of H-pyrrole nitrogens is 1. The second-order valence-electron chi connectivity index (χ2n) is 5.68. The van der Waals surface area contributed by atoms with Gasteiger partial charge in [-0.3, -0.25) is 5.10 Å². The van der Waals surface area contributed by atoms with E-state index in [2.05, 4.69) is 51.1 Å². The van der Waals surface area contributed by atoms with E-state index in [1.165, 1.54) is 12.8 Å². The van der Waals surface area contributed by atoms with E-state index in [4.69, 9.17) is 5.73 Å². The van der Waals surface area contributed by atoms with Crippen LogP contribution in [0.15, 0.2) is 6.20 Å². The summed E-state index contributed by atoms with van der Waals surface area (Å²) < 4.78 is 1.05. The van der Waals surface area contributed by atoms with Crippen LogP contribution in [0.3, 0.4) is 0 Å². The van der Waals surface area contributed by atoms with Gasteiger partial charge in [-0.1, -0.05) is 13.8 Å². The van der Waals surface area contributed by atoms with Gasteiger partial charge < -0.3 is 10.6 Å². The van der Waals surface area contributed by atoms with Crippen molar-refractivity contribution >= 4 is 26.2 Å². The van der Waals surface area contributed by atoms with Crippen LogP contribution in [-0.4, -0.2) is 21.1 Å². The number of aromatic amines is 1. The molecule has 1 aliphatic heterocycles. The molecule has 3 N–H and O–H groups in total. The van der Waals surface area contributed by atoms with Gasteiger partial charge in [0.1, 0.15) is 0 Å². The molecular weight excluding hydrogens is 292 g/mol. The lowest BCUT2D eigenvalue weighted by molar-refractivity contribution is 0.187. The molecule has 1 saturated carbocycles. The van der Waals surface area contributed by atoms with E-state index in [9.17, 15) is 0 Å². The first-order chi connectivity index (χ1) is 8.58. The van der Waals surface area contributed by atoms with Gasteiger partial charge in [0.05, 0.1) is 10.2 Å². The Labute approximate surface area is 116 Å². The number of aromatic nitrogens is 2. The largest absolute Gasteiger partial charge is 0.382 e. The molecule has 0 aromatic carbocycles. The van der Waals surface area contributed by atoms with Crippen LogP contribution in [0.2, 0.25) is 0 Å². The molecule has 1 aromatic heterocycles. The quantitative estimate of drug-likeness (QED) is 0.902. The molecule has 0 radical (unpaired) electrons. The van der Waals surface area contributed by atoms with E-state index in [-0.39, 0.29) is 0 Å². The maximum absolute atomic E-state index is 5.94. The minimum atomic E-state index is 0.611. The van der Waals surface area contributed by atoms with Gasteiger partial charge in [0.25, 0.3) is 0 Å². The van der Waals surface area contributed by atoms with Crippen molar-refractivity contribution < 1.29 is 0 Å². The highest BCUT2D eigenvalue weighted by molar-refractivity contribution is 9.15. The number of nitrogens with two attached hydrogens (primary N) is 1. The Kier molecular flexibility index (Phi) is 2.88. The SMILES string of the molecule is CC(C)C(C1CC1)N1C=C(Br)c2[nH]nc(N)c2C1. The third-order valence-electron chi connectivity index (χ3n) is 3.93. The normalized spacial score (nSPS) is 20.9. The molecule has 1 aliphatic carbocycles. The zero-order chi connectivity index (χ0) is 12.9. The lowest BCUT2D eigenvalue weighted by Gasteiger charge is -2.36. The van der Waals surface area contributed by atoms with Crippen LogP contribution >= 0.6 is 15.9 Å². The summed E-state index contributed by atoms with van der Waals surface area (Å²) in [6.45, 7) is 5.48. The number of anilines is 1. The van der Waals surface area contributed by atoms with Crippen LogP contribution in [-0.2, 0) is 6.54 Å².